The number of rotatable bonds is 7. The summed E-state index contributed by atoms with van der Waals surface area (Å²) in [7, 11) is -3.56. The van der Waals surface area contributed by atoms with Gasteiger partial charge < -0.3 is 11.1 Å². The van der Waals surface area contributed by atoms with Crippen LogP contribution in [0.25, 0.3) is 0 Å². The van der Waals surface area contributed by atoms with E-state index in [-0.39, 0.29) is 15.0 Å². The third kappa shape index (κ3) is 3.94. The van der Waals surface area contributed by atoms with Crippen LogP contribution in [0, 0.1) is 0 Å². The smallest absolute Gasteiger partial charge is 0.261 e. The highest BCUT2D eigenvalue weighted by atomic mass is 32.2. The molecular formula is C15H18N2O3S2. The van der Waals surface area contributed by atoms with Crippen molar-refractivity contribution in [1.82, 2.24) is 5.32 Å². The quantitative estimate of drug-likeness (QED) is 0.756. The van der Waals surface area contributed by atoms with Crippen LogP contribution in [0.5, 0.6) is 0 Å². The Kier molecular flexibility index (Phi) is 5.70. The predicted octanol–water partition coefficient (Wildman–Crippen LogP) is 2.05. The summed E-state index contributed by atoms with van der Waals surface area (Å²) >= 11 is 0.982. The highest BCUT2D eigenvalue weighted by molar-refractivity contribution is 7.93. The minimum atomic E-state index is -3.56. The summed E-state index contributed by atoms with van der Waals surface area (Å²) in [5.41, 5.74) is 5.39. The van der Waals surface area contributed by atoms with Crippen molar-refractivity contribution in [2.24, 2.45) is 5.73 Å². The minimum Gasteiger partial charge on any atom is -0.351 e. The molecule has 1 aromatic heterocycles. The fraction of sp³-hybridized carbons (Fsp3) is 0.267. The Bertz CT molecular complexity index is 724. The molecule has 0 atom stereocenters. The monoisotopic (exact) mass is 338 g/mol. The lowest BCUT2D eigenvalue weighted by Crippen LogP contribution is -2.23. The molecule has 0 aliphatic heterocycles. The van der Waals surface area contributed by atoms with Crippen molar-refractivity contribution in [2.75, 3.05) is 13.1 Å². The molecule has 1 aromatic carbocycles. The van der Waals surface area contributed by atoms with Gasteiger partial charge in [-0.3, -0.25) is 4.79 Å². The van der Waals surface area contributed by atoms with Crippen LogP contribution in [0.2, 0.25) is 0 Å². The first kappa shape index (κ1) is 16.7. The molecule has 0 fully saturated rings. The molecule has 22 heavy (non-hydrogen) atoms. The SMILES string of the molecule is NCCCCNC(=O)c1ccc(S(=O)(=O)c2ccccc2)s1. The van der Waals surface area contributed by atoms with E-state index in [0.717, 1.165) is 24.2 Å². The summed E-state index contributed by atoms with van der Waals surface area (Å²) in [5, 5.41) is 2.76. The maximum atomic E-state index is 12.4. The third-order valence-corrected chi connectivity index (χ3v) is 6.39. The molecule has 0 saturated heterocycles. The average molecular weight is 338 g/mol. The predicted molar refractivity (Wildman–Crippen MR) is 86.8 cm³/mol. The van der Waals surface area contributed by atoms with E-state index >= 15 is 0 Å². The molecule has 2 rings (SSSR count). The lowest BCUT2D eigenvalue weighted by atomic mass is 10.3. The van der Waals surface area contributed by atoms with Crippen molar-refractivity contribution >= 4 is 27.1 Å². The van der Waals surface area contributed by atoms with Crippen molar-refractivity contribution in [1.29, 1.82) is 0 Å². The Morgan fingerprint density at radius 2 is 1.82 bits per heavy atom. The Hall–Kier alpha value is -1.70. The summed E-state index contributed by atoms with van der Waals surface area (Å²) in [5.74, 6) is -0.253. The number of benzene rings is 1. The van der Waals surface area contributed by atoms with Crippen LogP contribution >= 0.6 is 11.3 Å². The number of carbonyl (C=O) groups is 1. The Morgan fingerprint density at radius 1 is 1.09 bits per heavy atom. The number of amides is 1. The summed E-state index contributed by atoms with van der Waals surface area (Å²) in [6.07, 6.45) is 1.65. The third-order valence-electron chi connectivity index (χ3n) is 3.04. The number of hydrogen-bond acceptors (Lipinski definition) is 5. The highest BCUT2D eigenvalue weighted by Gasteiger charge is 2.21. The molecule has 0 saturated carbocycles. The van der Waals surface area contributed by atoms with Crippen molar-refractivity contribution in [3.8, 4) is 0 Å². The van der Waals surface area contributed by atoms with Gasteiger partial charge in [0.2, 0.25) is 9.84 Å². The van der Waals surface area contributed by atoms with Crippen molar-refractivity contribution < 1.29 is 13.2 Å². The molecule has 0 unspecified atom stereocenters. The number of unbranched alkanes of at least 4 members (excludes halogenated alkanes) is 1. The number of carbonyl (C=O) groups excluding carboxylic acids is 1. The summed E-state index contributed by atoms with van der Waals surface area (Å²) < 4.78 is 25.0. The first-order valence-corrected chi connectivity index (χ1v) is 9.24. The molecule has 7 heteroatoms. The highest BCUT2D eigenvalue weighted by Crippen LogP contribution is 2.27. The molecule has 1 heterocycles. The number of hydrogen-bond donors (Lipinski definition) is 2. The summed E-state index contributed by atoms with van der Waals surface area (Å²) in [6, 6.07) is 11.2. The van der Waals surface area contributed by atoms with E-state index in [1.807, 2.05) is 0 Å². The van der Waals surface area contributed by atoms with Gasteiger partial charge in [0.05, 0.1) is 9.77 Å². The molecule has 2 aromatic rings. The zero-order chi connectivity index (χ0) is 16.0. The maximum Gasteiger partial charge on any atom is 0.261 e. The summed E-state index contributed by atoms with van der Waals surface area (Å²) in [6.45, 7) is 1.13. The molecule has 0 radical (unpaired) electrons. The van der Waals surface area contributed by atoms with E-state index in [2.05, 4.69) is 5.32 Å². The molecule has 0 aliphatic rings. The summed E-state index contributed by atoms with van der Waals surface area (Å²) in [4.78, 5) is 12.6. The molecule has 0 aliphatic carbocycles. The van der Waals surface area contributed by atoms with Gasteiger partial charge in [-0.05, 0) is 43.7 Å². The second kappa shape index (κ2) is 7.53. The Labute approximate surface area is 134 Å². The van der Waals surface area contributed by atoms with Crippen molar-refractivity contribution in [2.45, 2.75) is 21.9 Å². The first-order valence-electron chi connectivity index (χ1n) is 6.94. The topological polar surface area (TPSA) is 89.3 Å². The van der Waals surface area contributed by atoms with Crippen molar-refractivity contribution in [3.63, 3.8) is 0 Å². The molecule has 1 amide bonds. The van der Waals surface area contributed by atoms with Crippen LogP contribution in [0.3, 0.4) is 0 Å². The van der Waals surface area contributed by atoms with Crippen LogP contribution in [0.4, 0.5) is 0 Å². The fourth-order valence-electron chi connectivity index (χ4n) is 1.86. The first-order chi connectivity index (χ1) is 10.6. The second-order valence-corrected chi connectivity index (χ2v) is 7.95. The number of sulfone groups is 1. The van der Waals surface area contributed by atoms with E-state index in [1.54, 1.807) is 36.4 Å². The van der Waals surface area contributed by atoms with Crippen LogP contribution in [-0.4, -0.2) is 27.4 Å². The average Bonchev–Trinajstić information content (AvgIpc) is 3.03. The largest absolute Gasteiger partial charge is 0.351 e. The van der Waals surface area contributed by atoms with E-state index in [9.17, 15) is 13.2 Å². The maximum absolute atomic E-state index is 12.4. The molecule has 3 N–H and O–H groups in total. The molecule has 0 spiro atoms. The van der Waals surface area contributed by atoms with E-state index in [1.165, 1.54) is 6.07 Å². The van der Waals surface area contributed by atoms with Gasteiger partial charge in [-0.2, -0.15) is 0 Å². The lowest BCUT2D eigenvalue weighted by Gasteiger charge is -2.02. The Morgan fingerprint density at radius 3 is 2.50 bits per heavy atom. The molecule has 0 bridgehead atoms. The second-order valence-electron chi connectivity index (χ2n) is 4.69. The lowest BCUT2D eigenvalue weighted by molar-refractivity contribution is 0.0957. The molecule has 5 nitrogen and oxygen atoms in total. The van der Waals surface area contributed by atoms with Gasteiger partial charge >= 0.3 is 0 Å². The van der Waals surface area contributed by atoms with Crippen LogP contribution in [-0.2, 0) is 9.84 Å². The van der Waals surface area contributed by atoms with Crippen molar-refractivity contribution in [3.05, 3.63) is 47.3 Å². The van der Waals surface area contributed by atoms with Crippen LogP contribution in [0.15, 0.2) is 51.6 Å². The minimum absolute atomic E-state index is 0.172. The zero-order valence-electron chi connectivity index (χ0n) is 12.0. The number of nitrogens with two attached hydrogens (primary N) is 1. The fourth-order valence-corrected chi connectivity index (χ4v) is 4.51. The van der Waals surface area contributed by atoms with Crippen LogP contribution in [0.1, 0.15) is 22.5 Å². The number of nitrogens with one attached hydrogen (secondary N) is 1. The standard InChI is InChI=1S/C15H18N2O3S2/c16-10-4-5-11-17-15(18)13-8-9-14(21-13)22(19,20)12-6-2-1-3-7-12/h1-3,6-9H,4-5,10-11,16H2,(H,17,18). The van der Waals surface area contributed by atoms with Gasteiger partial charge in [-0.1, -0.05) is 18.2 Å². The van der Waals surface area contributed by atoms with E-state index < -0.39 is 9.84 Å². The van der Waals surface area contributed by atoms with Crippen LogP contribution < -0.4 is 11.1 Å². The van der Waals surface area contributed by atoms with Gasteiger partial charge in [-0.25, -0.2) is 8.42 Å². The molecule has 118 valence electrons. The van der Waals surface area contributed by atoms with Gasteiger partial charge in [0.15, 0.2) is 0 Å². The normalized spacial score (nSPS) is 11.3. The zero-order valence-corrected chi connectivity index (χ0v) is 13.6. The van der Waals surface area contributed by atoms with E-state index in [4.69, 9.17) is 5.73 Å². The van der Waals surface area contributed by atoms with Gasteiger partial charge in [0, 0.05) is 6.54 Å². The molecular weight excluding hydrogens is 320 g/mol. The van der Waals surface area contributed by atoms with E-state index in [0.29, 0.717) is 18.0 Å². The van der Waals surface area contributed by atoms with Gasteiger partial charge in [-0.15, -0.1) is 11.3 Å². The Balaban J connectivity index is 2.10. The van der Waals surface area contributed by atoms with Gasteiger partial charge in [0.1, 0.15) is 4.21 Å². The number of thiophene rings is 1. The van der Waals surface area contributed by atoms with Gasteiger partial charge in [0.25, 0.3) is 5.91 Å².